The second kappa shape index (κ2) is 8.51. The van der Waals surface area contributed by atoms with E-state index in [0.29, 0.717) is 40.3 Å². The molecular formula is C21H15Cl2N3O5S. The highest BCUT2D eigenvalue weighted by Crippen LogP contribution is 2.29. The van der Waals surface area contributed by atoms with Gasteiger partial charge in [-0.2, -0.15) is 8.42 Å². The number of hydrogen-bond donors (Lipinski definition) is 3. The number of halogens is 2. The van der Waals surface area contributed by atoms with Crippen LogP contribution in [0.4, 0.5) is 0 Å². The molecule has 11 heteroatoms. The van der Waals surface area contributed by atoms with E-state index in [4.69, 9.17) is 23.2 Å². The molecular weight excluding hydrogens is 477 g/mol. The molecule has 0 radical (unpaired) electrons. The smallest absolute Gasteiger partial charge is 0.294 e. The molecule has 0 atom stereocenters. The third-order valence-electron chi connectivity index (χ3n) is 4.81. The number of aromatic nitrogens is 2. The zero-order chi connectivity index (χ0) is 23.0. The average molecular weight is 492 g/mol. The molecule has 1 amide bonds. The van der Waals surface area contributed by atoms with Crippen molar-refractivity contribution in [2.45, 2.75) is 11.3 Å². The minimum Gasteiger partial charge on any atom is -0.507 e. The van der Waals surface area contributed by atoms with Crippen molar-refractivity contribution in [3.05, 3.63) is 70.0 Å². The number of carbonyl (C=O) groups is 1. The van der Waals surface area contributed by atoms with Gasteiger partial charge in [0, 0.05) is 23.6 Å². The van der Waals surface area contributed by atoms with Crippen LogP contribution in [0.25, 0.3) is 21.8 Å². The lowest BCUT2D eigenvalue weighted by molar-refractivity contribution is 0.0954. The van der Waals surface area contributed by atoms with E-state index in [1.165, 1.54) is 6.07 Å². The maximum Gasteiger partial charge on any atom is 0.294 e. The fourth-order valence-electron chi connectivity index (χ4n) is 3.24. The molecule has 0 bridgehead atoms. The van der Waals surface area contributed by atoms with E-state index in [0.717, 1.165) is 11.6 Å². The van der Waals surface area contributed by atoms with Crippen molar-refractivity contribution < 1.29 is 22.9 Å². The molecule has 0 fully saturated rings. The van der Waals surface area contributed by atoms with Crippen LogP contribution in [0.3, 0.4) is 0 Å². The van der Waals surface area contributed by atoms with Gasteiger partial charge in [-0.3, -0.25) is 9.35 Å². The normalized spacial score (nSPS) is 11.7. The van der Waals surface area contributed by atoms with Gasteiger partial charge in [0.15, 0.2) is 10.3 Å². The van der Waals surface area contributed by atoms with Crippen LogP contribution in [0, 0.1) is 0 Å². The Morgan fingerprint density at radius 3 is 2.41 bits per heavy atom. The molecule has 3 N–H and O–H groups in total. The molecule has 0 saturated heterocycles. The number of benzene rings is 3. The van der Waals surface area contributed by atoms with E-state index in [1.807, 2.05) is 0 Å². The molecule has 1 aromatic heterocycles. The summed E-state index contributed by atoms with van der Waals surface area (Å²) in [6, 6.07) is 12.2. The first-order chi connectivity index (χ1) is 15.1. The van der Waals surface area contributed by atoms with Crippen LogP contribution in [-0.2, 0) is 16.5 Å². The average Bonchev–Trinajstić information content (AvgIpc) is 2.73. The number of phenols is 1. The molecule has 4 aromatic rings. The van der Waals surface area contributed by atoms with E-state index in [2.05, 4.69) is 15.3 Å². The molecule has 0 aliphatic carbocycles. The molecule has 0 aliphatic rings. The summed E-state index contributed by atoms with van der Waals surface area (Å²) in [5, 5.41) is 14.0. The standard InChI is InChI=1S/C21H15Cl2N3O5S/c22-19-20(23)26-17-9-13(3-4-16(17)25-19)21(28)24-6-5-11-1-2-12-8-14(32(29,30)31)10-18(27)15(12)7-11/h1-4,7-10,27H,5-6H2,(H,24,28)(H,29,30,31). The van der Waals surface area contributed by atoms with Crippen molar-refractivity contribution >= 4 is 61.0 Å². The monoisotopic (exact) mass is 491 g/mol. The minimum absolute atomic E-state index is 0.0555. The first-order valence-electron chi connectivity index (χ1n) is 9.26. The van der Waals surface area contributed by atoms with Crippen LogP contribution in [0.2, 0.25) is 10.3 Å². The first-order valence-corrected chi connectivity index (χ1v) is 11.5. The van der Waals surface area contributed by atoms with E-state index < -0.39 is 10.1 Å². The van der Waals surface area contributed by atoms with Crippen molar-refractivity contribution in [2.75, 3.05) is 6.54 Å². The Kier molecular flexibility index (Phi) is 5.91. The second-order valence-corrected chi connectivity index (χ2v) is 9.13. The third-order valence-corrected chi connectivity index (χ3v) is 6.27. The topological polar surface area (TPSA) is 129 Å². The summed E-state index contributed by atoms with van der Waals surface area (Å²) in [4.78, 5) is 20.3. The van der Waals surface area contributed by atoms with Gasteiger partial charge in [0.2, 0.25) is 0 Å². The zero-order valence-electron chi connectivity index (χ0n) is 16.2. The van der Waals surface area contributed by atoms with Crippen molar-refractivity contribution in [1.29, 1.82) is 0 Å². The highest BCUT2D eigenvalue weighted by molar-refractivity contribution is 7.85. The van der Waals surface area contributed by atoms with Crippen molar-refractivity contribution in [3.63, 3.8) is 0 Å². The lowest BCUT2D eigenvalue weighted by Gasteiger charge is -2.09. The predicted molar refractivity (Wildman–Crippen MR) is 121 cm³/mol. The van der Waals surface area contributed by atoms with Gasteiger partial charge < -0.3 is 10.4 Å². The molecule has 0 saturated carbocycles. The molecule has 1 heterocycles. The third kappa shape index (κ3) is 4.61. The number of carbonyl (C=O) groups excluding carboxylic acids is 1. The van der Waals surface area contributed by atoms with Gasteiger partial charge in [0.1, 0.15) is 5.75 Å². The lowest BCUT2D eigenvalue weighted by atomic mass is 10.0. The number of nitrogens with one attached hydrogen (secondary N) is 1. The number of amides is 1. The van der Waals surface area contributed by atoms with Crippen molar-refractivity contribution in [1.82, 2.24) is 15.3 Å². The fraction of sp³-hybridized carbons (Fsp3) is 0.0952. The molecule has 0 aliphatic heterocycles. The van der Waals surface area contributed by atoms with Gasteiger partial charge in [-0.05, 0) is 47.7 Å². The predicted octanol–water partition coefficient (Wildman–Crippen LogP) is 4.01. The minimum atomic E-state index is -4.43. The van der Waals surface area contributed by atoms with Crippen molar-refractivity contribution in [3.8, 4) is 5.75 Å². The number of phenolic OH excluding ortho intramolecular Hbond substituents is 1. The summed E-state index contributed by atoms with van der Waals surface area (Å²) in [6.45, 7) is 0.319. The Balaban J connectivity index is 1.47. The molecule has 0 unspecified atom stereocenters. The van der Waals surface area contributed by atoms with Crippen molar-refractivity contribution in [2.24, 2.45) is 0 Å². The van der Waals surface area contributed by atoms with Crippen LogP contribution in [0.5, 0.6) is 5.75 Å². The fourth-order valence-corrected chi connectivity index (χ4v) is 4.04. The Morgan fingerprint density at radius 1 is 0.969 bits per heavy atom. The van der Waals surface area contributed by atoms with Crippen LogP contribution in [0.1, 0.15) is 15.9 Å². The molecule has 32 heavy (non-hydrogen) atoms. The Hall–Kier alpha value is -2.98. The summed E-state index contributed by atoms with van der Waals surface area (Å²) < 4.78 is 31.8. The summed E-state index contributed by atoms with van der Waals surface area (Å²) in [5.74, 6) is -0.571. The molecule has 3 aromatic carbocycles. The van der Waals surface area contributed by atoms with Gasteiger partial charge in [0.25, 0.3) is 16.0 Å². The van der Waals surface area contributed by atoms with Gasteiger partial charge in [-0.25, -0.2) is 9.97 Å². The van der Waals surface area contributed by atoms with Crippen LogP contribution in [0.15, 0.2) is 53.4 Å². The van der Waals surface area contributed by atoms with Gasteiger partial charge in [0.05, 0.1) is 15.9 Å². The largest absolute Gasteiger partial charge is 0.507 e. The number of aromatic hydroxyl groups is 1. The molecule has 0 spiro atoms. The molecule has 4 rings (SSSR count). The van der Waals surface area contributed by atoms with E-state index in [9.17, 15) is 22.9 Å². The Morgan fingerprint density at radius 2 is 1.69 bits per heavy atom. The van der Waals surface area contributed by atoms with E-state index in [1.54, 1.807) is 36.4 Å². The SMILES string of the molecule is O=C(NCCc1ccc2cc(S(=O)(=O)O)cc(O)c2c1)c1ccc2nc(Cl)c(Cl)nc2c1. The highest BCUT2D eigenvalue weighted by atomic mass is 35.5. The van der Waals surface area contributed by atoms with Crippen LogP contribution >= 0.6 is 23.2 Å². The number of rotatable bonds is 5. The van der Waals surface area contributed by atoms with Crippen LogP contribution < -0.4 is 5.32 Å². The second-order valence-electron chi connectivity index (χ2n) is 6.99. The van der Waals surface area contributed by atoms with E-state index in [-0.39, 0.29) is 26.9 Å². The molecule has 8 nitrogen and oxygen atoms in total. The Bertz CT molecular complexity index is 1490. The number of hydrogen-bond acceptors (Lipinski definition) is 6. The molecule has 164 valence electrons. The van der Waals surface area contributed by atoms with Gasteiger partial charge in [-0.15, -0.1) is 0 Å². The summed E-state index contributed by atoms with van der Waals surface area (Å²) in [7, 11) is -4.43. The summed E-state index contributed by atoms with van der Waals surface area (Å²) in [5.41, 5.74) is 2.17. The Labute approximate surface area is 192 Å². The quantitative estimate of drug-likeness (QED) is 0.359. The maximum absolute atomic E-state index is 12.5. The summed E-state index contributed by atoms with van der Waals surface area (Å²) in [6.07, 6.45) is 0.468. The highest BCUT2D eigenvalue weighted by Gasteiger charge is 2.14. The maximum atomic E-state index is 12.5. The lowest BCUT2D eigenvalue weighted by Crippen LogP contribution is -2.25. The van der Waals surface area contributed by atoms with Gasteiger partial charge >= 0.3 is 0 Å². The number of nitrogens with zero attached hydrogens (tertiary/aromatic N) is 2. The van der Waals surface area contributed by atoms with Crippen LogP contribution in [-0.4, -0.2) is 40.5 Å². The first kappa shape index (κ1) is 22.2. The zero-order valence-corrected chi connectivity index (χ0v) is 18.5. The summed E-state index contributed by atoms with van der Waals surface area (Å²) >= 11 is 11.7. The van der Waals surface area contributed by atoms with Gasteiger partial charge in [-0.1, -0.05) is 35.3 Å². The van der Waals surface area contributed by atoms with E-state index >= 15 is 0 Å². The number of fused-ring (bicyclic) bond motifs is 2.